The highest BCUT2D eigenvalue weighted by atomic mass is 15.2. The maximum Gasteiger partial charge on any atom is 0.0580 e. The van der Waals surface area contributed by atoms with Crippen LogP contribution in [0.25, 0.3) is 55.5 Å². The Morgan fingerprint density at radius 3 is 2.51 bits per heavy atom. The lowest BCUT2D eigenvalue weighted by Crippen LogP contribution is -2.34. The van der Waals surface area contributed by atoms with Gasteiger partial charge in [-0.05, 0) is 123 Å². The Bertz CT molecular complexity index is 2920. The maximum absolute atomic E-state index is 2.70. The van der Waals surface area contributed by atoms with E-state index in [-0.39, 0.29) is 10.8 Å². The molecule has 5 aromatic carbocycles. The van der Waals surface area contributed by atoms with Crippen molar-refractivity contribution >= 4 is 55.7 Å². The fourth-order valence-corrected chi connectivity index (χ4v) is 10.7. The van der Waals surface area contributed by atoms with Crippen molar-refractivity contribution < 1.29 is 0 Å². The van der Waals surface area contributed by atoms with Gasteiger partial charge in [-0.3, -0.25) is 0 Å². The van der Waals surface area contributed by atoms with E-state index in [0.29, 0.717) is 11.8 Å². The Morgan fingerprint density at radius 1 is 0.754 bits per heavy atom. The second-order valence-electron chi connectivity index (χ2n) is 18.5. The average Bonchev–Trinajstić information content (AvgIpc) is 3.55. The van der Waals surface area contributed by atoms with Crippen molar-refractivity contribution in [3.05, 3.63) is 179 Å². The third-order valence-electron chi connectivity index (χ3n) is 13.7. The monoisotopic (exact) mass is 738 g/mol. The topological polar surface area (TPSA) is 8.17 Å². The quantitative estimate of drug-likeness (QED) is 0.175. The highest BCUT2D eigenvalue weighted by Crippen LogP contribution is 2.56. The molecular formula is C55H50N2. The first-order valence-electron chi connectivity index (χ1n) is 21.0. The molecule has 6 aromatic rings. The second-order valence-corrected chi connectivity index (χ2v) is 18.5. The van der Waals surface area contributed by atoms with Crippen LogP contribution >= 0.6 is 0 Å². The number of hydrogen-bond acceptors (Lipinski definition) is 1. The molecule has 0 N–H and O–H groups in total. The van der Waals surface area contributed by atoms with Crippen LogP contribution < -0.4 is 4.90 Å². The minimum Gasteiger partial charge on any atom is -0.314 e. The zero-order valence-electron chi connectivity index (χ0n) is 33.8. The third kappa shape index (κ3) is 5.29. The van der Waals surface area contributed by atoms with Crippen molar-refractivity contribution in [2.45, 2.75) is 65.7 Å². The summed E-state index contributed by atoms with van der Waals surface area (Å²) in [6.07, 6.45) is 27.5. The standard InChI is InChI=1S/C55H50N2/c1-54(2,3)48-22-13-23-49-53(48)57-51-29-26-40(45-21-12-19-37-16-10-11-20-44(37)45)32-46(51)47-33-43(34-50(52(47)57)55(49,4)5)56(41-27-24-35-14-6-8-17-38(35)30-41)42-28-25-36-15-7-9-18-39(36)31-42/h6-10,12-19,21,23-30,32-34,39,48H,11,20,22,31H2,1-5H3. The Kier molecular flexibility index (Phi) is 7.59. The fraction of sp³-hybridized carbons (Fsp3) is 0.236. The van der Waals surface area contributed by atoms with Gasteiger partial charge in [-0.25, -0.2) is 0 Å². The van der Waals surface area contributed by atoms with E-state index in [1.807, 2.05) is 0 Å². The predicted octanol–water partition coefficient (Wildman–Crippen LogP) is 14.8. The Labute approximate surface area is 337 Å². The summed E-state index contributed by atoms with van der Waals surface area (Å²) in [5.74, 6) is 0.762. The van der Waals surface area contributed by atoms with Crippen LogP contribution in [0.5, 0.6) is 0 Å². The van der Waals surface area contributed by atoms with E-state index < -0.39 is 0 Å². The molecule has 11 rings (SSSR count). The largest absolute Gasteiger partial charge is 0.314 e. The Morgan fingerprint density at radius 2 is 1.63 bits per heavy atom. The first-order chi connectivity index (χ1) is 27.6. The van der Waals surface area contributed by atoms with E-state index in [4.69, 9.17) is 0 Å². The molecule has 2 nitrogen and oxygen atoms in total. The molecular weight excluding hydrogens is 689 g/mol. The molecule has 5 aliphatic rings. The van der Waals surface area contributed by atoms with Crippen molar-refractivity contribution in [1.29, 1.82) is 0 Å². The average molecular weight is 739 g/mol. The summed E-state index contributed by atoms with van der Waals surface area (Å²) in [6, 6.07) is 35.1. The third-order valence-corrected chi connectivity index (χ3v) is 13.7. The second kappa shape index (κ2) is 12.6. The SMILES string of the molecule is CC1(C)C2=C(C(C(C)(C)C)CC=C2)n2c3ccc(-c4cccc5c4CCC=C5)cc3c3cc(N(C4=CC=C5C=CC=CC5C4)c4ccc5ccccc5c4)cc1c32. The molecule has 0 radical (unpaired) electrons. The summed E-state index contributed by atoms with van der Waals surface area (Å²) in [7, 11) is 0. The lowest BCUT2D eigenvalue weighted by atomic mass is 9.66. The highest BCUT2D eigenvalue weighted by Gasteiger charge is 2.43. The van der Waals surface area contributed by atoms with Gasteiger partial charge in [0.05, 0.1) is 11.0 Å². The van der Waals surface area contributed by atoms with Gasteiger partial charge in [0.15, 0.2) is 0 Å². The molecule has 2 heterocycles. The molecule has 0 bridgehead atoms. The Hall–Kier alpha value is -5.86. The molecule has 0 fully saturated rings. The fourth-order valence-electron chi connectivity index (χ4n) is 10.7. The molecule has 1 aromatic heterocycles. The summed E-state index contributed by atoms with van der Waals surface area (Å²) in [5.41, 5.74) is 17.5. The predicted molar refractivity (Wildman–Crippen MR) is 244 cm³/mol. The molecule has 0 spiro atoms. The van der Waals surface area contributed by atoms with Crippen molar-refractivity contribution in [3.63, 3.8) is 0 Å². The van der Waals surface area contributed by atoms with Crippen LogP contribution in [0.1, 0.15) is 70.6 Å². The van der Waals surface area contributed by atoms with Gasteiger partial charge in [-0.2, -0.15) is 0 Å². The van der Waals surface area contributed by atoms with Crippen LogP contribution in [-0.4, -0.2) is 4.57 Å². The maximum atomic E-state index is 2.70. The normalized spacial score (nSPS) is 20.4. The first kappa shape index (κ1) is 34.4. The van der Waals surface area contributed by atoms with Gasteiger partial charge in [0.2, 0.25) is 0 Å². The molecule has 280 valence electrons. The van der Waals surface area contributed by atoms with Gasteiger partial charge < -0.3 is 9.47 Å². The smallest absolute Gasteiger partial charge is 0.0580 e. The molecule has 2 heteroatoms. The van der Waals surface area contributed by atoms with E-state index in [1.165, 1.54) is 94.3 Å². The minimum absolute atomic E-state index is 0.105. The summed E-state index contributed by atoms with van der Waals surface area (Å²) in [5, 5.41) is 5.19. The molecule has 0 saturated carbocycles. The molecule has 57 heavy (non-hydrogen) atoms. The number of rotatable bonds is 4. The zero-order chi connectivity index (χ0) is 38.6. The summed E-state index contributed by atoms with van der Waals surface area (Å²) in [4.78, 5) is 2.57. The van der Waals surface area contributed by atoms with Gasteiger partial charge in [0.25, 0.3) is 0 Å². The molecule has 2 unspecified atom stereocenters. The number of fused-ring (bicyclic) bond motifs is 7. The number of nitrogens with zero attached hydrogens (tertiary/aromatic N) is 2. The zero-order valence-corrected chi connectivity index (χ0v) is 33.8. The number of anilines is 2. The van der Waals surface area contributed by atoms with Crippen LogP contribution in [0.4, 0.5) is 11.4 Å². The van der Waals surface area contributed by atoms with Gasteiger partial charge in [-0.15, -0.1) is 0 Å². The van der Waals surface area contributed by atoms with Crippen LogP contribution in [0, 0.1) is 17.3 Å². The van der Waals surface area contributed by atoms with Crippen LogP contribution in [0.15, 0.2) is 163 Å². The van der Waals surface area contributed by atoms with E-state index in [2.05, 4.69) is 196 Å². The molecule has 2 atom stereocenters. The van der Waals surface area contributed by atoms with Crippen molar-refractivity contribution in [2.75, 3.05) is 4.90 Å². The summed E-state index contributed by atoms with van der Waals surface area (Å²) in [6.45, 7) is 12.2. The van der Waals surface area contributed by atoms with Crippen molar-refractivity contribution in [1.82, 2.24) is 4.57 Å². The summed E-state index contributed by atoms with van der Waals surface area (Å²) >= 11 is 0. The van der Waals surface area contributed by atoms with Gasteiger partial charge in [0.1, 0.15) is 0 Å². The number of benzene rings is 5. The lowest BCUT2D eigenvalue weighted by Gasteiger charge is -2.44. The minimum atomic E-state index is -0.206. The van der Waals surface area contributed by atoms with Crippen LogP contribution in [0.3, 0.4) is 0 Å². The van der Waals surface area contributed by atoms with Crippen molar-refractivity contribution in [3.8, 4) is 11.1 Å². The highest BCUT2D eigenvalue weighted by molar-refractivity contribution is 6.15. The molecule has 4 aliphatic carbocycles. The van der Waals surface area contributed by atoms with E-state index in [9.17, 15) is 0 Å². The van der Waals surface area contributed by atoms with E-state index in [0.717, 1.165) is 25.7 Å². The van der Waals surface area contributed by atoms with E-state index >= 15 is 0 Å². The van der Waals surface area contributed by atoms with E-state index in [1.54, 1.807) is 0 Å². The number of allylic oxidation sites excluding steroid dienone is 13. The molecule has 0 saturated heterocycles. The molecule has 0 amide bonds. The molecule has 1 aliphatic heterocycles. The van der Waals surface area contributed by atoms with Crippen LogP contribution in [-0.2, 0) is 11.8 Å². The first-order valence-corrected chi connectivity index (χ1v) is 21.0. The van der Waals surface area contributed by atoms with Crippen molar-refractivity contribution in [2.24, 2.45) is 17.3 Å². The van der Waals surface area contributed by atoms with Gasteiger partial charge in [0, 0.05) is 50.8 Å². The Balaban J connectivity index is 1.22. The summed E-state index contributed by atoms with van der Waals surface area (Å²) < 4.78 is 2.70. The van der Waals surface area contributed by atoms with Gasteiger partial charge in [-0.1, -0.05) is 144 Å². The lowest BCUT2D eigenvalue weighted by molar-refractivity contribution is 0.293. The number of aromatic nitrogens is 1. The number of hydrogen-bond donors (Lipinski definition) is 0. The van der Waals surface area contributed by atoms with Crippen LogP contribution in [0.2, 0.25) is 0 Å². The van der Waals surface area contributed by atoms with Gasteiger partial charge >= 0.3 is 0 Å².